The second-order valence-corrected chi connectivity index (χ2v) is 8.13. The van der Waals surface area contributed by atoms with Gasteiger partial charge in [-0.3, -0.25) is 4.90 Å². The van der Waals surface area contributed by atoms with Crippen molar-refractivity contribution in [3.05, 3.63) is 108 Å². The zero-order valence-electron chi connectivity index (χ0n) is 17.5. The highest BCUT2D eigenvalue weighted by Crippen LogP contribution is 2.28. The standard InChI is InChI=1S/C27H32N2/c1-23(24-11-5-2-6-12-24)29-21-19-28(20-22-29)18-17-27(25-13-7-3-8-14-25)26-15-9-4-10-16-26/h2-16,23,27H,17-22H2,1H3. The highest BCUT2D eigenvalue weighted by Gasteiger charge is 2.23. The number of piperazine rings is 1. The third-order valence-corrected chi connectivity index (χ3v) is 6.37. The van der Waals surface area contributed by atoms with Crippen molar-refractivity contribution in [3.63, 3.8) is 0 Å². The summed E-state index contributed by atoms with van der Waals surface area (Å²) in [7, 11) is 0. The van der Waals surface area contributed by atoms with Gasteiger partial charge >= 0.3 is 0 Å². The average Bonchev–Trinajstić information content (AvgIpc) is 2.81. The molecule has 1 aliphatic rings. The number of hydrogen-bond donors (Lipinski definition) is 0. The largest absolute Gasteiger partial charge is 0.301 e. The van der Waals surface area contributed by atoms with Gasteiger partial charge in [0.25, 0.3) is 0 Å². The molecule has 29 heavy (non-hydrogen) atoms. The molecule has 0 saturated carbocycles. The van der Waals surface area contributed by atoms with Crippen molar-refractivity contribution in [3.8, 4) is 0 Å². The molecule has 4 rings (SSSR count). The predicted octanol–water partition coefficient (Wildman–Crippen LogP) is 5.59. The fourth-order valence-corrected chi connectivity index (χ4v) is 4.52. The SMILES string of the molecule is CC(c1ccccc1)N1CCN(CCC(c2ccccc2)c2ccccc2)CC1. The minimum absolute atomic E-state index is 0.471. The molecule has 3 aromatic rings. The molecule has 2 heteroatoms. The maximum atomic E-state index is 2.65. The third-order valence-electron chi connectivity index (χ3n) is 6.37. The lowest BCUT2D eigenvalue weighted by atomic mass is 9.88. The monoisotopic (exact) mass is 384 g/mol. The van der Waals surface area contributed by atoms with Crippen molar-refractivity contribution < 1.29 is 0 Å². The van der Waals surface area contributed by atoms with Gasteiger partial charge in [-0.2, -0.15) is 0 Å². The molecule has 0 spiro atoms. The minimum Gasteiger partial charge on any atom is -0.301 e. The molecule has 0 radical (unpaired) electrons. The average molecular weight is 385 g/mol. The topological polar surface area (TPSA) is 6.48 Å². The van der Waals surface area contributed by atoms with Gasteiger partial charge in [-0.15, -0.1) is 0 Å². The number of hydrogen-bond acceptors (Lipinski definition) is 2. The Morgan fingerprint density at radius 2 is 1.07 bits per heavy atom. The summed E-state index contributed by atoms with van der Waals surface area (Å²) in [6.07, 6.45) is 1.17. The van der Waals surface area contributed by atoms with E-state index in [2.05, 4.69) is 108 Å². The zero-order valence-corrected chi connectivity index (χ0v) is 17.5. The molecule has 1 fully saturated rings. The van der Waals surface area contributed by atoms with Crippen molar-refractivity contribution in [1.29, 1.82) is 0 Å². The van der Waals surface area contributed by atoms with Crippen LogP contribution in [0.1, 0.15) is 42.0 Å². The van der Waals surface area contributed by atoms with Gasteiger partial charge in [-0.1, -0.05) is 91.0 Å². The van der Waals surface area contributed by atoms with E-state index < -0.39 is 0 Å². The van der Waals surface area contributed by atoms with E-state index in [1.54, 1.807) is 0 Å². The van der Waals surface area contributed by atoms with Gasteiger partial charge in [-0.05, 0) is 36.6 Å². The fourth-order valence-electron chi connectivity index (χ4n) is 4.52. The predicted molar refractivity (Wildman–Crippen MR) is 122 cm³/mol. The van der Waals surface area contributed by atoms with Crippen LogP contribution < -0.4 is 0 Å². The molecule has 3 aromatic carbocycles. The Labute approximate surface area is 175 Å². The zero-order chi connectivity index (χ0) is 19.9. The molecule has 1 atom stereocenters. The van der Waals surface area contributed by atoms with E-state index in [1.807, 2.05) is 0 Å². The molecule has 0 N–H and O–H groups in total. The van der Waals surface area contributed by atoms with Gasteiger partial charge in [0.1, 0.15) is 0 Å². The lowest BCUT2D eigenvalue weighted by molar-refractivity contribution is 0.101. The van der Waals surface area contributed by atoms with E-state index in [-0.39, 0.29) is 0 Å². The van der Waals surface area contributed by atoms with Crippen molar-refractivity contribution in [2.45, 2.75) is 25.3 Å². The third kappa shape index (κ3) is 5.14. The van der Waals surface area contributed by atoms with Crippen LogP contribution in [0.3, 0.4) is 0 Å². The maximum absolute atomic E-state index is 2.65. The molecule has 0 aliphatic carbocycles. The van der Waals surface area contributed by atoms with Gasteiger partial charge in [0.2, 0.25) is 0 Å². The van der Waals surface area contributed by atoms with Crippen LogP contribution in [0.4, 0.5) is 0 Å². The summed E-state index contributed by atoms with van der Waals surface area (Å²) >= 11 is 0. The Morgan fingerprint density at radius 1 is 0.621 bits per heavy atom. The Balaban J connectivity index is 1.35. The maximum Gasteiger partial charge on any atom is 0.0320 e. The van der Waals surface area contributed by atoms with Gasteiger partial charge in [0.05, 0.1) is 0 Å². The lowest BCUT2D eigenvalue weighted by Crippen LogP contribution is -2.47. The first-order valence-corrected chi connectivity index (χ1v) is 10.9. The number of benzene rings is 3. The van der Waals surface area contributed by atoms with Crippen molar-refractivity contribution in [2.24, 2.45) is 0 Å². The molecule has 1 unspecified atom stereocenters. The fraction of sp³-hybridized carbons (Fsp3) is 0.333. The Hall–Kier alpha value is -2.42. The summed E-state index contributed by atoms with van der Waals surface area (Å²) in [5, 5.41) is 0. The second-order valence-electron chi connectivity index (χ2n) is 8.13. The van der Waals surface area contributed by atoms with Crippen LogP contribution in [0.25, 0.3) is 0 Å². The molecule has 2 nitrogen and oxygen atoms in total. The highest BCUT2D eigenvalue weighted by atomic mass is 15.3. The van der Waals surface area contributed by atoms with Gasteiger partial charge in [0.15, 0.2) is 0 Å². The van der Waals surface area contributed by atoms with Crippen LogP contribution in [0.2, 0.25) is 0 Å². The molecule has 0 bridgehead atoms. The molecule has 1 aliphatic heterocycles. The molecular formula is C27H32N2. The summed E-state index contributed by atoms with van der Waals surface area (Å²) in [4.78, 5) is 5.27. The van der Waals surface area contributed by atoms with Crippen LogP contribution in [0, 0.1) is 0 Å². The Kier molecular flexibility index (Phi) is 6.76. The molecule has 1 saturated heterocycles. The molecule has 0 aromatic heterocycles. The molecule has 150 valence electrons. The molecule has 0 amide bonds. The molecular weight excluding hydrogens is 352 g/mol. The summed E-state index contributed by atoms with van der Waals surface area (Å²) in [6.45, 7) is 8.11. The van der Waals surface area contributed by atoms with Crippen LogP contribution in [0.5, 0.6) is 0 Å². The Morgan fingerprint density at radius 3 is 1.55 bits per heavy atom. The summed E-state index contributed by atoms with van der Waals surface area (Å²) in [5.74, 6) is 0.471. The summed E-state index contributed by atoms with van der Waals surface area (Å²) in [6, 6.07) is 33.4. The van der Waals surface area contributed by atoms with Crippen LogP contribution in [-0.2, 0) is 0 Å². The Bertz CT molecular complexity index is 800. The van der Waals surface area contributed by atoms with Crippen LogP contribution >= 0.6 is 0 Å². The normalized spacial score (nSPS) is 16.8. The first-order chi connectivity index (χ1) is 14.3. The van der Waals surface area contributed by atoms with Gasteiger partial charge < -0.3 is 4.90 Å². The van der Waals surface area contributed by atoms with Crippen LogP contribution in [0.15, 0.2) is 91.0 Å². The summed E-state index contributed by atoms with van der Waals surface area (Å²) in [5.41, 5.74) is 4.28. The van der Waals surface area contributed by atoms with E-state index in [0.717, 1.165) is 32.7 Å². The van der Waals surface area contributed by atoms with E-state index in [0.29, 0.717) is 12.0 Å². The van der Waals surface area contributed by atoms with Gasteiger partial charge in [0, 0.05) is 38.1 Å². The quantitative estimate of drug-likeness (QED) is 0.524. The smallest absolute Gasteiger partial charge is 0.0320 e. The van der Waals surface area contributed by atoms with Crippen LogP contribution in [-0.4, -0.2) is 42.5 Å². The first kappa shape index (κ1) is 19.9. The number of rotatable bonds is 7. The van der Waals surface area contributed by atoms with Crippen molar-refractivity contribution in [1.82, 2.24) is 9.80 Å². The lowest BCUT2D eigenvalue weighted by Gasteiger charge is -2.38. The van der Waals surface area contributed by atoms with Crippen molar-refractivity contribution >= 4 is 0 Å². The van der Waals surface area contributed by atoms with Crippen molar-refractivity contribution in [2.75, 3.05) is 32.7 Å². The summed E-state index contributed by atoms with van der Waals surface area (Å²) < 4.78 is 0. The number of nitrogens with zero attached hydrogens (tertiary/aromatic N) is 2. The van der Waals surface area contributed by atoms with Gasteiger partial charge in [-0.25, -0.2) is 0 Å². The van der Waals surface area contributed by atoms with E-state index in [9.17, 15) is 0 Å². The first-order valence-electron chi connectivity index (χ1n) is 10.9. The van der Waals surface area contributed by atoms with E-state index in [1.165, 1.54) is 23.1 Å². The molecule has 1 heterocycles. The second kappa shape index (κ2) is 9.87. The minimum atomic E-state index is 0.471. The highest BCUT2D eigenvalue weighted by molar-refractivity contribution is 5.32. The van der Waals surface area contributed by atoms with E-state index >= 15 is 0 Å². The van der Waals surface area contributed by atoms with E-state index in [4.69, 9.17) is 0 Å².